The second-order valence-electron chi connectivity index (χ2n) is 6.84. The normalized spacial score (nSPS) is 53.5. The van der Waals surface area contributed by atoms with Crippen LogP contribution in [0, 0.1) is 17.8 Å². The third-order valence-electron chi connectivity index (χ3n) is 5.73. The molecule has 0 radical (unpaired) electrons. The minimum Gasteiger partial charge on any atom is -0.458 e. The average molecular weight is 266 g/mol. The lowest BCUT2D eigenvalue weighted by Gasteiger charge is -2.41. The van der Waals surface area contributed by atoms with Crippen molar-refractivity contribution in [2.75, 3.05) is 0 Å². The molecule has 106 valence electrons. The van der Waals surface area contributed by atoms with Crippen LogP contribution < -0.4 is 0 Å². The lowest BCUT2D eigenvalue weighted by atomic mass is 9.73. The highest BCUT2D eigenvalue weighted by Gasteiger charge is 2.62. The highest BCUT2D eigenvalue weighted by molar-refractivity contribution is 5.90. The maximum atomic E-state index is 11.7. The number of hydrogen-bond acceptors (Lipinski definition) is 4. The van der Waals surface area contributed by atoms with Gasteiger partial charge in [-0.15, -0.1) is 0 Å². The van der Waals surface area contributed by atoms with Crippen LogP contribution in [0.25, 0.3) is 0 Å². The van der Waals surface area contributed by atoms with Gasteiger partial charge in [0.1, 0.15) is 6.10 Å². The Morgan fingerprint density at radius 1 is 1.42 bits per heavy atom. The number of carbonyl (C=O) groups excluding carboxylic acids is 1. The van der Waals surface area contributed by atoms with E-state index in [-0.39, 0.29) is 29.8 Å². The Kier molecular flexibility index (Phi) is 2.64. The molecule has 6 atom stereocenters. The van der Waals surface area contributed by atoms with Crippen molar-refractivity contribution in [3.63, 3.8) is 0 Å². The molecule has 19 heavy (non-hydrogen) atoms. The zero-order valence-electron chi connectivity index (χ0n) is 11.6. The molecule has 0 bridgehead atoms. The van der Waals surface area contributed by atoms with E-state index in [1.165, 1.54) is 0 Å². The van der Waals surface area contributed by atoms with Gasteiger partial charge >= 0.3 is 5.97 Å². The first-order valence-corrected chi connectivity index (χ1v) is 7.11. The van der Waals surface area contributed by atoms with Gasteiger partial charge in [0.05, 0.1) is 11.2 Å². The summed E-state index contributed by atoms with van der Waals surface area (Å²) >= 11 is 0. The van der Waals surface area contributed by atoms with E-state index in [9.17, 15) is 15.0 Å². The number of aliphatic hydroxyl groups is 2. The van der Waals surface area contributed by atoms with Gasteiger partial charge in [0.2, 0.25) is 0 Å². The van der Waals surface area contributed by atoms with Gasteiger partial charge in [0, 0.05) is 11.5 Å². The second-order valence-corrected chi connectivity index (χ2v) is 6.84. The molecule has 0 amide bonds. The maximum absolute atomic E-state index is 11.7. The van der Waals surface area contributed by atoms with E-state index in [1.54, 1.807) is 6.92 Å². The van der Waals surface area contributed by atoms with Crippen LogP contribution in [0.3, 0.4) is 0 Å². The zero-order valence-corrected chi connectivity index (χ0v) is 11.6. The fourth-order valence-corrected chi connectivity index (χ4v) is 4.42. The van der Waals surface area contributed by atoms with Crippen LogP contribution in [0.1, 0.15) is 39.5 Å². The van der Waals surface area contributed by atoms with Crippen LogP contribution in [0.5, 0.6) is 0 Å². The zero-order chi connectivity index (χ0) is 14.0. The van der Waals surface area contributed by atoms with Crippen LogP contribution >= 0.6 is 0 Å². The summed E-state index contributed by atoms with van der Waals surface area (Å²) in [5.41, 5.74) is -1.77. The molecule has 2 aliphatic carbocycles. The van der Waals surface area contributed by atoms with Gasteiger partial charge in [-0.25, -0.2) is 4.79 Å². The van der Waals surface area contributed by atoms with Gasteiger partial charge in [-0.05, 0) is 44.4 Å². The lowest BCUT2D eigenvalue weighted by molar-refractivity contribution is -0.153. The van der Waals surface area contributed by atoms with E-state index in [1.807, 2.05) is 0 Å². The van der Waals surface area contributed by atoms with Crippen molar-refractivity contribution in [1.82, 2.24) is 0 Å². The molecule has 1 saturated heterocycles. The molecule has 3 aliphatic rings. The van der Waals surface area contributed by atoms with Crippen LogP contribution in [-0.2, 0) is 9.53 Å². The topological polar surface area (TPSA) is 66.8 Å². The number of hydrogen-bond donors (Lipinski definition) is 2. The number of esters is 1. The molecule has 3 fully saturated rings. The highest BCUT2D eigenvalue weighted by atomic mass is 16.6. The minimum atomic E-state index is -1.14. The van der Waals surface area contributed by atoms with Crippen LogP contribution in [0.4, 0.5) is 0 Å². The van der Waals surface area contributed by atoms with E-state index in [2.05, 4.69) is 13.5 Å². The Hall–Kier alpha value is -0.870. The largest absolute Gasteiger partial charge is 0.458 e. The summed E-state index contributed by atoms with van der Waals surface area (Å²) in [6.07, 6.45) is 2.38. The number of fused-ring (bicyclic) bond motifs is 2. The summed E-state index contributed by atoms with van der Waals surface area (Å²) in [5, 5.41) is 21.6. The smallest absolute Gasteiger partial charge is 0.334 e. The molecule has 4 heteroatoms. The first kappa shape index (κ1) is 13.1. The van der Waals surface area contributed by atoms with Gasteiger partial charge in [0.15, 0.2) is 0 Å². The quantitative estimate of drug-likeness (QED) is 0.514. The van der Waals surface area contributed by atoms with Crippen molar-refractivity contribution in [3.8, 4) is 0 Å². The van der Waals surface area contributed by atoms with E-state index in [0.717, 1.165) is 12.8 Å². The van der Waals surface area contributed by atoms with Gasteiger partial charge in [-0.2, -0.15) is 0 Å². The number of carbonyl (C=O) groups is 1. The number of ether oxygens (including phenoxy) is 1. The molecular formula is C15H22O4. The van der Waals surface area contributed by atoms with Crippen LogP contribution in [-0.4, -0.2) is 33.5 Å². The monoisotopic (exact) mass is 266 g/mol. The van der Waals surface area contributed by atoms with Gasteiger partial charge in [-0.1, -0.05) is 13.5 Å². The van der Waals surface area contributed by atoms with Crippen molar-refractivity contribution >= 4 is 5.97 Å². The first-order valence-electron chi connectivity index (χ1n) is 7.11. The molecule has 3 rings (SSSR count). The third-order valence-corrected chi connectivity index (χ3v) is 5.73. The third kappa shape index (κ3) is 1.62. The fraction of sp³-hybridized carbons (Fsp3) is 0.800. The standard InChI is InChI=1S/C15H22O4/c1-8-6-12-10(9(2)13(16)19-12)7-15(18)11(8)4-5-14(15,3)17/h8,10-12,17-18H,2,4-7H2,1,3H3. The first-order chi connectivity index (χ1) is 8.76. The summed E-state index contributed by atoms with van der Waals surface area (Å²) < 4.78 is 5.38. The predicted octanol–water partition coefficient (Wildman–Crippen LogP) is 1.41. The Balaban J connectivity index is 2.00. The molecule has 0 aromatic heterocycles. The van der Waals surface area contributed by atoms with Crippen LogP contribution in [0.15, 0.2) is 12.2 Å². The van der Waals surface area contributed by atoms with Gasteiger partial charge in [0.25, 0.3) is 0 Å². The van der Waals surface area contributed by atoms with Crippen molar-refractivity contribution in [1.29, 1.82) is 0 Å². The molecule has 2 N–H and O–H groups in total. The SMILES string of the molecule is C=C1C(=O)OC2CC(C)C3CCC(C)(O)C3(O)CC12. The van der Waals surface area contributed by atoms with Crippen molar-refractivity contribution in [3.05, 3.63) is 12.2 Å². The molecular weight excluding hydrogens is 244 g/mol. The molecule has 2 saturated carbocycles. The second kappa shape index (κ2) is 3.83. The van der Waals surface area contributed by atoms with E-state index in [0.29, 0.717) is 18.4 Å². The average Bonchev–Trinajstić information content (AvgIpc) is 2.64. The maximum Gasteiger partial charge on any atom is 0.334 e. The predicted molar refractivity (Wildman–Crippen MR) is 69.2 cm³/mol. The van der Waals surface area contributed by atoms with Gasteiger partial charge < -0.3 is 14.9 Å². The summed E-state index contributed by atoms with van der Waals surface area (Å²) in [6.45, 7) is 7.60. The summed E-state index contributed by atoms with van der Waals surface area (Å²) in [4.78, 5) is 11.7. The Labute approximate surface area is 113 Å². The van der Waals surface area contributed by atoms with Gasteiger partial charge in [-0.3, -0.25) is 0 Å². The van der Waals surface area contributed by atoms with E-state index >= 15 is 0 Å². The molecule has 1 heterocycles. The summed E-state index contributed by atoms with van der Waals surface area (Å²) in [6, 6.07) is 0. The molecule has 4 nitrogen and oxygen atoms in total. The van der Waals surface area contributed by atoms with E-state index in [4.69, 9.17) is 4.74 Å². The van der Waals surface area contributed by atoms with Crippen molar-refractivity contribution < 1.29 is 19.7 Å². The summed E-state index contributed by atoms with van der Waals surface area (Å²) in [5.74, 6) is -0.205. The summed E-state index contributed by atoms with van der Waals surface area (Å²) in [7, 11) is 0. The van der Waals surface area contributed by atoms with Crippen LogP contribution in [0.2, 0.25) is 0 Å². The molecule has 6 unspecified atom stereocenters. The molecule has 0 spiro atoms. The fourth-order valence-electron chi connectivity index (χ4n) is 4.42. The molecule has 1 aliphatic heterocycles. The van der Waals surface area contributed by atoms with Crippen molar-refractivity contribution in [2.24, 2.45) is 17.8 Å². The lowest BCUT2D eigenvalue weighted by Crippen LogP contribution is -2.53. The Bertz CT molecular complexity index is 441. The van der Waals surface area contributed by atoms with Crippen molar-refractivity contribution in [2.45, 2.75) is 56.8 Å². The minimum absolute atomic E-state index is 0.0691. The Morgan fingerprint density at radius 3 is 2.79 bits per heavy atom. The number of rotatable bonds is 0. The van der Waals surface area contributed by atoms with E-state index < -0.39 is 11.2 Å². The highest BCUT2D eigenvalue weighted by Crippen LogP contribution is 2.55. The molecule has 0 aromatic rings. The Morgan fingerprint density at radius 2 is 2.11 bits per heavy atom. The molecule has 0 aromatic carbocycles.